The van der Waals surface area contributed by atoms with Gasteiger partial charge in [-0.2, -0.15) is 5.10 Å². The van der Waals surface area contributed by atoms with Gasteiger partial charge in [0.05, 0.1) is 12.6 Å². The highest BCUT2D eigenvalue weighted by Gasteiger charge is 2.36. The van der Waals surface area contributed by atoms with Crippen LogP contribution in [-0.2, 0) is 0 Å². The Morgan fingerprint density at radius 3 is 3.12 bits per heavy atom. The fourth-order valence-electron chi connectivity index (χ4n) is 2.71. The van der Waals surface area contributed by atoms with Gasteiger partial charge < -0.3 is 10.4 Å². The van der Waals surface area contributed by atoms with E-state index in [-0.39, 0.29) is 12.1 Å². The summed E-state index contributed by atoms with van der Waals surface area (Å²) in [7, 11) is 0. The van der Waals surface area contributed by atoms with Gasteiger partial charge in [0.1, 0.15) is 12.7 Å². The molecule has 0 amide bonds. The Kier molecular flexibility index (Phi) is 4.12. The first kappa shape index (κ1) is 12.5. The highest BCUT2D eigenvalue weighted by molar-refractivity contribution is 4.94. The third kappa shape index (κ3) is 2.84. The Hall–Kier alpha value is -0.940. The van der Waals surface area contributed by atoms with Crippen molar-refractivity contribution in [1.29, 1.82) is 0 Å². The number of aliphatic hydroxyl groups is 1. The first-order valence-corrected chi connectivity index (χ1v) is 6.50. The molecule has 0 aromatic carbocycles. The molecule has 96 valence electrons. The van der Waals surface area contributed by atoms with E-state index in [9.17, 15) is 5.11 Å². The minimum Gasteiger partial charge on any atom is -0.394 e. The zero-order valence-corrected chi connectivity index (χ0v) is 10.5. The van der Waals surface area contributed by atoms with E-state index in [2.05, 4.69) is 22.3 Å². The molecule has 0 radical (unpaired) electrons. The van der Waals surface area contributed by atoms with Crippen molar-refractivity contribution < 1.29 is 5.11 Å². The number of aromatic nitrogens is 3. The van der Waals surface area contributed by atoms with Crippen LogP contribution in [0.2, 0.25) is 0 Å². The molecule has 17 heavy (non-hydrogen) atoms. The summed E-state index contributed by atoms with van der Waals surface area (Å²) in [4.78, 5) is 4.00. The standard InChI is InChI=1S/C12H22N4O/c1-2-6-14-12(8-17)5-3-4-11(7-12)16-10-13-9-15-16/h9-11,14,17H,2-8H2,1H3. The van der Waals surface area contributed by atoms with Crippen molar-refractivity contribution in [3.05, 3.63) is 12.7 Å². The van der Waals surface area contributed by atoms with Gasteiger partial charge in [0, 0.05) is 5.54 Å². The first-order chi connectivity index (χ1) is 8.29. The third-order valence-electron chi connectivity index (χ3n) is 3.68. The van der Waals surface area contributed by atoms with Gasteiger partial charge in [-0.25, -0.2) is 9.67 Å². The van der Waals surface area contributed by atoms with Crippen molar-refractivity contribution in [2.45, 2.75) is 50.6 Å². The van der Waals surface area contributed by atoms with Crippen molar-refractivity contribution in [3.8, 4) is 0 Å². The summed E-state index contributed by atoms with van der Waals surface area (Å²) >= 11 is 0. The quantitative estimate of drug-likeness (QED) is 0.807. The average molecular weight is 238 g/mol. The molecule has 2 unspecified atom stereocenters. The fraction of sp³-hybridized carbons (Fsp3) is 0.833. The lowest BCUT2D eigenvalue weighted by Crippen LogP contribution is -2.52. The van der Waals surface area contributed by atoms with E-state index in [0.29, 0.717) is 6.04 Å². The normalized spacial score (nSPS) is 29.4. The number of hydrogen-bond acceptors (Lipinski definition) is 4. The van der Waals surface area contributed by atoms with Crippen molar-refractivity contribution in [1.82, 2.24) is 20.1 Å². The topological polar surface area (TPSA) is 63.0 Å². The maximum Gasteiger partial charge on any atom is 0.137 e. The lowest BCUT2D eigenvalue weighted by Gasteiger charge is -2.40. The second-order valence-corrected chi connectivity index (χ2v) is 4.99. The van der Waals surface area contributed by atoms with Gasteiger partial charge in [-0.3, -0.25) is 0 Å². The van der Waals surface area contributed by atoms with Gasteiger partial charge in [-0.1, -0.05) is 6.92 Å². The van der Waals surface area contributed by atoms with Crippen molar-refractivity contribution in [2.75, 3.05) is 13.2 Å². The van der Waals surface area contributed by atoms with Crippen LogP contribution in [0, 0.1) is 0 Å². The summed E-state index contributed by atoms with van der Waals surface area (Å²) in [6, 6.07) is 0.364. The second-order valence-electron chi connectivity index (χ2n) is 4.99. The minimum absolute atomic E-state index is 0.120. The molecule has 5 nitrogen and oxygen atoms in total. The van der Waals surface area contributed by atoms with Crippen LogP contribution in [0.25, 0.3) is 0 Å². The number of hydrogen-bond donors (Lipinski definition) is 2. The Bertz CT molecular complexity index is 327. The second kappa shape index (κ2) is 5.60. The van der Waals surface area contributed by atoms with Gasteiger partial charge in [-0.15, -0.1) is 0 Å². The molecule has 2 N–H and O–H groups in total. The molecule has 1 fully saturated rings. The zero-order valence-electron chi connectivity index (χ0n) is 10.5. The Morgan fingerprint density at radius 1 is 1.59 bits per heavy atom. The van der Waals surface area contributed by atoms with Crippen molar-refractivity contribution in [3.63, 3.8) is 0 Å². The van der Waals surface area contributed by atoms with Crippen LogP contribution in [-0.4, -0.2) is 38.6 Å². The molecule has 2 atom stereocenters. The monoisotopic (exact) mass is 238 g/mol. The van der Waals surface area contributed by atoms with E-state index in [1.165, 1.54) is 0 Å². The molecular weight excluding hydrogens is 216 g/mol. The van der Waals surface area contributed by atoms with Gasteiger partial charge in [0.15, 0.2) is 0 Å². The summed E-state index contributed by atoms with van der Waals surface area (Å²) in [5.41, 5.74) is -0.120. The third-order valence-corrected chi connectivity index (χ3v) is 3.68. The van der Waals surface area contributed by atoms with Crippen LogP contribution in [0.5, 0.6) is 0 Å². The Labute approximate surface area is 102 Å². The lowest BCUT2D eigenvalue weighted by atomic mass is 9.79. The fourth-order valence-corrected chi connectivity index (χ4v) is 2.71. The molecule has 0 spiro atoms. The van der Waals surface area contributed by atoms with Crippen LogP contribution in [0.1, 0.15) is 45.1 Å². The molecule has 0 bridgehead atoms. The predicted octanol–water partition coefficient (Wildman–Crippen LogP) is 1.12. The van der Waals surface area contributed by atoms with E-state index >= 15 is 0 Å². The summed E-state index contributed by atoms with van der Waals surface area (Å²) in [5, 5.41) is 17.4. The lowest BCUT2D eigenvalue weighted by molar-refractivity contribution is 0.0946. The predicted molar refractivity (Wildman–Crippen MR) is 65.6 cm³/mol. The highest BCUT2D eigenvalue weighted by Crippen LogP contribution is 2.34. The van der Waals surface area contributed by atoms with Gasteiger partial charge in [-0.05, 0) is 38.6 Å². The summed E-state index contributed by atoms with van der Waals surface area (Å²) < 4.78 is 1.93. The molecule has 1 aliphatic carbocycles. The largest absolute Gasteiger partial charge is 0.394 e. The summed E-state index contributed by atoms with van der Waals surface area (Å²) in [5.74, 6) is 0. The molecule has 1 aliphatic rings. The minimum atomic E-state index is -0.120. The summed E-state index contributed by atoms with van der Waals surface area (Å²) in [6.45, 7) is 3.32. The number of nitrogens with zero attached hydrogens (tertiary/aromatic N) is 3. The van der Waals surface area contributed by atoms with Crippen molar-refractivity contribution in [2.24, 2.45) is 0 Å². The Morgan fingerprint density at radius 2 is 2.47 bits per heavy atom. The van der Waals surface area contributed by atoms with Crippen LogP contribution in [0.4, 0.5) is 0 Å². The molecule has 2 rings (SSSR count). The molecular formula is C12H22N4O. The van der Waals surface area contributed by atoms with E-state index in [4.69, 9.17) is 0 Å². The SMILES string of the molecule is CCCNC1(CO)CCCC(n2cncn2)C1. The highest BCUT2D eigenvalue weighted by atomic mass is 16.3. The number of nitrogens with one attached hydrogen (secondary N) is 1. The maximum absolute atomic E-state index is 9.68. The van der Waals surface area contributed by atoms with E-state index in [0.717, 1.165) is 38.6 Å². The van der Waals surface area contributed by atoms with Crippen LogP contribution >= 0.6 is 0 Å². The van der Waals surface area contributed by atoms with Crippen LogP contribution in [0.3, 0.4) is 0 Å². The molecule has 0 saturated heterocycles. The maximum atomic E-state index is 9.68. The molecule has 5 heteroatoms. The van der Waals surface area contributed by atoms with Gasteiger partial charge >= 0.3 is 0 Å². The van der Waals surface area contributed by atoms with E-state index < -0.39 is 0 Å². The molecule has 0 aliphatic heterocycles. The van der Waals surface area contributed by atoms with Gasteiger partial charge in [0.2, 0.25) is 0 Å². The van der Waals surface area contributed by atoms with Crippen LogP contribution < -0.4 is 5.32 Å². The molecule has 1 saturated carbocycles. The molecule has 1 heterocycles. The number of aliphatic hydroxyl groups excluding tert-OH is 1. The summed E-state index contributed by atoms with van der Waals surface area (Å²) in [6.07, 6.45) is 8.69. The van der Waals surface area contributed by atoms with E-state index in [1.54, 1.807) is 12.7 Å². The zero-order chi connectivity index (χ0) is 12.1. The first-order valence-electron chi connectivity index (χ1n) is 6.50. The average Bonchev–Trinajstić information content (AvgIpc) is 2.90. The Balaban J connectivity index is 2.03. The number of rotatable bonds is 5. The van der Waals surface area contributed by atoms with E-state index in [1.807, 2.05) is 4.68 Å². The van der Waals surface area contributed by atoms with Gasteiger partial charge in [0.25, 0.3) is 0 Å². The smallest absolute Gasteiger partial charge is 0.137 e. The molecule has 1 aromatic rings. The van der Waals surface area contributed by atoms with Crippen molar-refractivity contribution >= 4 is 0 Å². The van der Waals surface area contributed by atoms with Crippen LogP contribution in [0.15, 0.2) is 12.7 Å². The molecule has 1 aromatic heterocycles.